The molecular formula is C15H21FN2O2. The molecule has 0 amide bonds. The number of hydrogen-bond acceptors (Lipinski definition) is 4. The van der Waals surface area contributed by atoms with Crippen LogP contribution in [0.5, 0.6) is 0 Å². The summed E-state index contributed by atoms with van der Waals surface area (Å²) in [4.78, 5) is 2.30. The van der Waals surface area contributed by atoms with Gasteiger partial charge in [-0.1, -0.05) is 6.07 Å². The first kappa shape index (κ1) is 13.8. The maximum Gasteiger partial charge on any atom is 0.184 e. The number of anilines is 1. The number of nitrogens with zero attached hydrogens (tertiary/aromatic N) is 1. The summed E-state index contributed by atoms with van der Waals surface area (Å²) in [5, 5.41) is 3.32. The van der Waals surface area contributed by atoms with Gasteiger partial charge >= 0.3 is 0 Å². The predicted octanol–water partition coefficient (Wildman–Crippen LogP) is 2.38. The second-order valence-electron chi connectivity index (χ2n) is 5.53. The summed E-state index contributed by atoms with van der Waals surface area (Å²) in [7, 11) is 2.12. The Morgan fingerprint density at radius 1 is 1.20 bits per heavy atom. The van der Waals surface area contributed by atoms with Crippen molar-refractivity contribution in [2.75, 3.05) is 38.7 Å². The standard InChI is InChI=1S/C15H21FN2O2/c1-18-6-4-12(5-7-18)17-14-10-11(2-3-13(14)16)15-19-8-9-20-15/h2-3,10,12,15,17H,4-9H2,1H3. The fraction of sp³-hybridized carbons (Fsp3) is 0.600. The lowest BCUT2D eigenvalue weighted by Crippen LogP contribution is -2.36. The third-order valence-electron chi connectivity index (χ3n) is 3.96. The first-order valence-corrected chi connectivity index (χ1v) is 7.20. The summed E-state index contributed by atoms with van der Waals surface area (Å²) in [6, 6.07) is 5.35. The number of rotatable bonds is 3. The molecule has 2 heterocycles. The van der Waals surface area contributed by atoms with E-state index in [-0.39, 0.29) is 12.1 Å². The van der Waals surface area contributed by atoms with E-state index in [1.807, 2.05) is 6.07 Å². The van der Waals surface area contributed by atoms with Gasteiger partial charge in [0.25, 0.3) is 0 Å². The third kappa shape index (κ3) is 3.11. The normalized spacial score (nSPS) is 22.3. The van der Waals surface area contributed by atoms with E-state index in [2.05, 4.69) is 17.3 Å². The summed E-state index contributed by atoms with van der Waals surface area (Å²) in [6.45, 7) is 3.29. The Morgan fingerprint density at radius 2 is 1.90 bits per heavy atom. The fourth-order valence-corrected chi connectivity index (χ4v) is 2.72. The number of benzene rings is 1. The van der Waals surface area contributed by atoms with Crippen LogP contribution in [0.3, 0.4) is 0 Å². The van der Waals surface area contributed by atoms with Gasteiger partial charge in [0.2, 0.25) is 0 Å². The van der Waals surface area contributed by atoms with Crippen LogP contribution in [0.4, 0.5) is 10.1 Å². The molecule has 1 N–H and O–H groups in total. The second-order valence-corrected chi connectivity index (χ2v) is 5.53. The van der Waals surface area contributed by atoms with Crippen molar-refractivity contribution in [3.8, 4) is 0 Å². The Labute approximate surface area is 118 Å². The Bertz CT molecular complexity index is 455. The average Bonchev–Trinajstić information content (AvgIpc) is 2.98. The molecule has 0 atom stereocenters. The molecular weight excluding hydrogens is 259 g/mol. The molecule has 1 aromatic carbocycles. The molecule has 2 aliphatic heterocycles. The van der Waals surface area contributed by atoms with Crippen molar-refractivity contribution in [1.29, 1.82) is 0 Å². The van der Waals surface area contributed by atoms with E-state index in [4.69, 9.17) is 9.47 Å². The van der Waals surface area contributed by atoms with E-state index < -0.39 is 0 Å². The zero-order chi connectivity index (χ0) is 13.9. The first-order valence-electron chi connectivity index (χ1n) is 7.20. The van der Waals surface area contributed by atoms with E-state index in [0.29, 0.717) is 24.9 Å². The Balaban J connectivity index is 1.69. The molecule has 0 aliphatic carbocycles. The molecule has 0 aromatic heterocycles. The summed E-state index contributed by atoms with van der Waals surface area (Å²) >= 11 is 0. The highest BCUT2D eigenvalue weighted by atomic mass is 19.1. The van der Waals surface area contributed by atoms with Gasteiger partial charge in [-0.15, -0.1) is 0 Å². The molecule has 20 heavy (non-hydrogen) atoms. The number of piperidine rings is 1. The van der Waals surface area contributed by atoms with Gasteiger partial charge in [-0.2, -0.15) is 0 Å². The molecule has 0 bridgehead atoms. The predicted molar refractivity (Wildman–Crippen MR) is 75.2 cm³/mol. The van der Waals surface area contributed by atoms with Crippen molar-refractivity contribution in [2.45, 2.75) is 25.2 Å². The van der Waals surface area contributed by atoms with Crippen LogP contribution in [-0.4, -0.2) is 44.3 Å². The summed E-state index contributed by atoms with van der Waals surface area (Å²) in [5.41, 5.74) is 1.43. The Hall–Kier alpha value is -1.17. The number of nitrogens with one attached hydrogen (secondary N) is 1. The maximum atomic E-state index is 13.9. The molecule has 0 saturated carbocycles. The van der Waals surface area contributed by atoms with Crippen LogP contribution >= 0.6 is 0 Å². The van der Waals surface area contributed by atoms with Gasteiger partial charge in [0, 0.05) is 11.6 Å². The summed E-state index contributed by atoms with van der Waals surface area (Å²) < 4.78 is 24.9. The zero-order valence-corrected chi connectivity index (χ0v) is 11.8. The molecule has 0 spiro atoms. The van der Waals surface area contributed by atoms with Crippen LogP contribution in [0, 0.1) is 5.82 Å². The number of likely N-dealkylation sites (tertiary alicyclic amines) is 1. The minimum atomic E-state index is -0.353. The van der Waals surface area contributed by atoms with Gasteiger partial charge in [-0.25, -0.2) is 4.39 Å². The largest absolute Gasteiger partial charge is 0.380 e. The molecule has 2 saturated heterocycles. The van der Waals surface area contributed by atoms with E-state index in [9.17, 15) is 4.39 Å². The highest BCUT2D eigenvalue weighted by molar-refractivity contribution is 5.48. The fourth-order valence-electron chi connectivity index (χ4n) is 2.72. The van der Waals surface area contributed by atoms with Crippen molar-refractivity contribution in [1.82, 2.24) is 4.90 Å². The van der Waals surface area contributed by atoms with E-state index in [1.165, 1.54) is 6.07 Å². The van der Waals surface area contributed by atoms with Gasteiger partial charge in [-0.3, -0.25) is 0 Å². The van der Waals surface area contributed by atoms with E-state index in [1.54, 1.807) is 6.07 Å². The molecule has 0 unspecified atom stereocenters. The van der Waals surface area contributed by atoms with Crippen LogP contribution in [0.15, 0.2) is 18.2 Å². The van der Waals surface area contributed by atoms with Crippen LogP contribution in [0.1, 0.15) is 24.7 Å². The monoisotopic (exact) mass is 280 g/mol. The van der Waals surface area contributed by atoms with Crippen molar-refractivity contribution in [3.05, 3.63) is 29.6 Å². The highest BCUT2D eigenvalue weighted by Crippen LogP contribution is 2.28. The molecule has 1 aromatic rings. The quantitative estimate of drug-likeness (QED) is 0.921. The molecule has 4 nitrogen and oxygen atoms in total. The number of halogens is 1. The SMILES string of the molecule is CN1CCC(Nc2cc(C3OCCO3)ccc2F)CC1. The zero-order valence-electron chi connectivity index (χ0n) is 11.8. The molecule has 2 fully saturated rings. The maximum absolute atomic E-state index is 13.9. The van der Waals surface area contributed by atoms with Crippen molar-refractivity contribution in [3.63, 3.8) is 0 Å². The molecule has 2 aliphatic rings. The van der Waals surface area contributed by atoms with Crippen molar-refractivity contribution < 1.29 is 13.9 Å². The minimum Gasteiger partial charge on any atom is -0.380 e. The summed E-state index contributed by atoms with van der Waals surface area (Å²) in [6.07, 6.45) is 1.72. The molecule has 3 rings (SSSR count). The number of hydrogen-bond donors (Lipinski definition) is 1. The minimum absolute atomic E-state index is 0.217. The number of ether oxygens (including phenoxy) is 2. The van der Waals surface area contributed by atoms with Gasteiger partial charge in [0.1, 0.15) is 5.82 Å². The van der Waals surface area contributed by atoms with Crippen molar-refractivity contribution in [2.24, 2.45) is 0 Å². The van der Waals surface area contributed by atoms with Gasteiger partial charge in [-0.05, 0) is 45.1 Å². The van der Waals surface area contributed by atoms with E-state index in [0.717, 1.165) is 31.5 Å². The highest BCUT2D eigenvalue weighted by Gasteiger charge is 2.21. The summed E-state index contributed by atoms with van der Waals surface area (Å²) in [5.74, 6) is -0.217. The van der Waals surface area contributed by atoms with Crippen LogP contribution in [-0.2, 0) is 9.47 Å². The topological polar surface area (TPSA) is 33.7 Å². The van der Waals surface area contributed by atoms with E-state index >= 15 is 0 Å². The molecule has 110 valence electrons. The lowest BCUT2D eigenvalue weighted by atomic mass is 10.0. The molecule has 0 radical (unpaired) electrons. The third-order valence-corrected chi connectivity index (χ3v) is 3.96. The Kier molecular flexibility index (Phi) is 4.19. The van der Waals surface area contributed by atoms with Crippen LogP contribution in [0.25, 0.3) is 0 Å². The lowest BCUT2D eigenvalue weighted by molar-refractivity contribution is -0.0441. The van der Waals surface area contributed by atoms with Crippen LogP contribution in [0.2, 0.25) is 0 Å². The van der Waals surface area contributed by atoms with Crippen LogP contribution < -0.4 is 5.32 Å². The van der Waals surface area contributed by atoms with Crippen molar-refractivity contribution >= 4 is 5.69 Å². The van der Waals surface area contributed by atoms with Gasteiger partial charge in [0.15, 0.2) is 6.29 Å². The second kappa shape index (κ2) is 6.08. The molecule has 5 heteroatoms. The first-order chi connectivity index (χ1) is 9.72. The average molecular weight is 280 g/mol. The van der Waals surface area contributed by atoms with Gasteiger partial charge in [0.05, 0.1) is 18.9 Å². The lowest BCUT2D eigenvalue weighted by Gasteiger charge is -2.30. The van der Waals surface area contributed by atoms with Gasteiger partial charge < -0.3 is 19.7 Å². The Morgan fingerprint density at radius 3 is 2.60 bits per heavy atom. The smallest absolute Gasteiger partial charge is 0.184 e.